The standard InChI is InChI=1S/C19H22ClNO2/c1-22-17-8-4-3-7-15(17)18-16(20)10-9-14(19(18)23-2)13-21-11-5-6-12-21/h3-4,7-10H,5-6,11-13H2,1-2H3. The van der Waals surface area contributed by atoms with Crippen molar-refractivity contribution in [2.24, 2.45) is 0 Å². The lowest BCUT2D eigenvalue weighted by Crippen LogP contribution is -2.19. The van der Waals surface area contributed by atoms with E-state index in [-0.39, 0.29) is 0 Å². The third-order valence-corrected chi connectivity index (χ3v) is 4.68. The number of rotatable bonds is 5. The van der Waals surface area contributed by atoms with Gasteiger partial charge in [-0.15, -0.1) is 0 Å². The van der Waals surface area contributed by atoms with Crippen LogP contribution in [0.1, 0.15) is 18.4 Å². The zero-order chi connectivity index (χ0) is 16.2. The fourth-order valence-corrected chi connectivity index (χ4v) is 3.49. The van der Waals surface area contributed by atoms with Crippen molar-refractivity contribution in [1.82, 2.24) is 4.90 Å². The molecule has 0 N–H and O–H groups in total. The lowest BCUT2D eigenvalue weighted by Gasteiger charge is -2.20. The Balaban J connectivity index is 2.08. The summed E-state index contributed by atoms with van der Waals surface area (Å²) >= 11 is 6.51. The third kappa shape index (κ3) is 3.31. The monoisotopic (exact) mass is 331 g/mol. The topological polar surface area (TPSA) is 21.7 Å². The van der Waals surface area contributed by atoms with Crippen molar-refractivity contribution in [3.8, 4) is 22.6 Å². The first kappa shape index (κ1) is 16.2. The molecule has 2 aromatic rings. The van der Waals surface area contributed by atoms with E-state index in [1.165, 1.54) is 18.4 Å². The molecule has 0 unspecified atom stereocenters. The Kier molecular flexibility index (Phi) is 5.09. The Labute approximate surface area is 142 Å². The van der Waals surface area contributed by atoms with Gasteiger partial charge in [0.1, 0.15) is 11.5 Å². The van der Waals surface area contributed by atoms with Crippen molar-refractivity contribution >= 4 is 11.6 Å². The first-order chi connectivity index (χ1) is 11.2. The first-order valence-electron chi connectivity index (χ1n) is 7.95. The quantitative estimate of drug-likeness (QED) is 0.798. The van der Waals surface area contributed by atoms with E-state index in [1.807, 2.05) is 30.3 Å². The van der Waals surface area contributed by atoms with Crippen LogP contribution in [0.5, 0.6) is 11.5 Å². The molecule has 0 amide bonds. The van der Waals surface area contributed by atoms with Gasteiger partial charge in [-0.25, -0.2) is 0 Å². The summed E-state index contributed by atoms with van der Waals surface area (Å²) in [7, 11) is 3.38. The maximum absolute atomic E-state index is 6.51. The van der Waals surface area contributed by atoms with Gasteiger partial charge < -0.3 is 9.47 Å². The van der Waals surface area contributed by atoms with Crippen LogP contribution in [0.25, 0.3) is 11.1 Å². The van der Waals surface area contributed by atoms with Crippen molar-refractivity contribution in [2.75, 3.05) is 27.3 Å². The molecule has 23 heavy (non-hydrogen) atoms. The highest BCUT2D eigenvalue weighted by atomic mass is 35.5. The van der Waals surface area contributed by atoms with Gasteiger partial charge in [-0.3, -0.25) is 4.90 Å². The number of methoxy groups -OCH3 is 2. The van der Waals surface area contributed by atoms with E-state index < -0.39 is 0 Å². The Morgan fingerprint density at radius 2 is 1.74 bits per heavy atom. The molecule has 4 heteroatoms. The van der Waals surface area contributed by atoms with Gasteiger partial charge in [0.25, 0.3) is 0 Å². The van der Waals surface area contributed by atoms with E-state index in [4.69, 9.17) is 21.1 Å². The zero-order valence-electron chi connectivity index (χ0n) is 13.6. The highest BCUT2D eigenvalue weighted by Crippen LogP contribution is 2.43. The van der Waals surface area contributed by atoms with Crippen LogP contribution in [0, 0.1) is 0 Å². The molecule has 0 aliphatic carbocycles. The second kappa shape index (κ2) is 7.24. The second-order valence-electron chi connectivity index (χ2n) is 5.80. The first-order valence-corrected chi connectivity index (χ1v) is 8.33. The van der Waals surface area contributed by atoms with Crippen LogP contribution in [0.2, 0.25) is 5.02 Å². The number of hydrogen-bond donors (Lipinski definition) is 0. The Bertz CT molecular complexity index is 681. The highest BCUT2D eigenvalue weighted by Gasteiger charge is 2.20. The van der Waals surface area contributed by atoms with Crippen molar-refractivity contribution in [3.05, 3.63) is 47.0 Å². The summed E-state index contributed by atoms with van der Waals surface area (Å²) in [5.74, 6) is 1.64. The molecule has 2 aromatic carbocycles. The summed E-state index contributed by atoms with van der Waals surface area (Å²) in [5.41, 5.74) is 3.03. The van der Waals surface area contributed by atoms with Crippen molar-refractivity contribution in [1.29, 1.82) is 0 Å². The van der Waals surface area contributed by atoms with E-state index >= 15 is 0 Å². The molecule has 3 rings (SSSR count). The minimum absolute atomic E-state index is 0.677. The normalized spacial score (nSPS) is 14.9. The van der Waals surface area contributed by atoms with Crippen LogP contribution in [-0.4, -0.2) is 32.2 Å². The number of para-hydroxylation sites is 1. The fraction of sp³-hybridized carbons (Fsp3) is 0.368. The molecule has 0 atom stereocenters. The van der Waals surface area contributed by atoms with Crippen LogP contribution in [0.15, 0.2) is 36.4 Å². The largest absolute Gasteiger partial charge is 0.496 e. The Hall–Kier alpha value is -1.71. The second-order valence-corrected chi connectivity index (χ2v) is 6.21. The molecular weight excluding hydrogens is 310 g/mol. The number of likely N-dealkylation sites (tertiary alicyclic amines) is 1. The average molecular weight is 332 g/mol. The summed E-state index contributed by atoms with van der Waals surface area (Å²) in [4.78, 5) is 2.46. The van der Waals surface area contributed by atoms with Gasteiger partial charge in [0.15, 0.2) is 0 Å². The number of nitrogens with zero attached hydrogens (tertiary/aromatic N) is 1. The molecule has 1 aliphatic heterocycles. The summed E-state index contributed by atoms with van der Waals surface area (Å²) in [6, 6.07) is 11.9. The third-order valence-electron chi connectivity index (χ3n) is 4.36. The highest BCUT2D eigenvalue weighted by molar-refractivity contribution is 6.33. The zero-order valence-corrected chi connectivity index (χ0v) is 14.4. The van der Waals surface area contributed by atoms with E-state index in [0.29, 0.717) is 5.02 Å². The number of benzene rings is 2. The van der Waals surface area contributed by atoms with Crippen LogP contribution >= 0.6 is 11.6 Å². The lowest BCUT2D eigenvalue weighted by atomic mass is 10.00. The van der Waals surface area contributed by atoms with Crippen LogP contribution < -0.4 is 9.47 Å². The minimum atomic E-state index is 0.677. The molecular formula is C19H22ClNO2. The summed E-state index contributed by atoms with van der Waals surface area (Å²) in [6.07, 6.45) is 2.55. The predicted molar refractivity (Wildman–Crippen MR) is 94.5 cm³/mol. The number of halogens is 1. The van der Waals surface area contributed by atoms with Crippen molar-refractivity contribution in [3.63, 3.8) is 0 Å². The van der Waals surface area contributed by atoms with E-state index in [2.05, 4.69) is 11.0 Å². The van der Waals surface area contributed by atoms with Crippen LogP contribution in [0.4, 0.5) is 0 Å². The fourth-order valence-electron chi connectivity index (χ4n) is 3.24. The van der Waals surface area contributed by atoms with Gasteiger partial charge in [-0.2, -0.15) is 0 Å². The summed E-state index contributed by atoms with van der Waals surface area (Å²) < 4.78 is 11.3. The Morgan fingerprint density at radius 3 is 2.43 bits per heavy atom. The lowest BCUT2D eigenvalue weighted by molar-refractivity contribution is 0.321. The summed E-state index contributed by atoms with van der Waals surface area (Å²) in [5, 5.41) is 0.677. The molecule has 1 heterocycles. The van der Waals surface area contributed by atoms with Crippen molar-refractivity contribution < 1.29 is 9.47 Å². The van der Waals surface area contributed by atoms with E-state index in [9.17, 15) is 0 Å². The molecule has 1 aliphatic rings. The van der Waals surface area contributed by atoms with E-state index in [0.717, 1.165) is 42.3 Å². The molecule has 0 bridgehead atoms. The molecule has 1 saturated heterocycles. The predicted octanol–water partition coefficient (Wildman–Crippen LogP) is 4.62. The van der Waals surface area contributed by atoms with Crippen LogP contribution in [-0.2, 0) is 6.54 Å². The maximum atomic E-state index is 6.51. The van der Waals surface area contributed by atoms with Gasteiger partial charge >= 0.3 is 0 Å². The minimum Gasteiger partial charge on any atom is -0.496 e. The average Bonchev–Trinajstić information content (AvgIpc) is 3.09. The van der Waals surface area contributed by atoms with Gasteiger partial charge in [-0.05, 0) is 38.1 Å². The van der Waals surface area contributed by atoms with Gasteiger partial charge in [0.05, 0.1) is 19.2 Å². The number of hydrogen-bond acceptors (Lipinski definition) is 3. The molecule has 1 fully saturated rings. The van der Waals surface area contributed by atoms with E-state index in [1.54, 1.807) is 14.2 Å². The van der Waals surface area contributed by atoms with Gasteiger partial charge in [0.2, 0.25) is 0 Å². The van der Waals surface area contributed by atoms with Gasteiger partial charge in [0, 0.05) is 23.2 Å². The molecule has 3 nitrogen and oxygen atoms in total. The number of ether oxygens (including phenoxy) is 2. The van der Waals surface area contributed by atoms with Crippen molar-refractivity contribution in [2.45, 2.75) is 19.4 Å². The molecule has 0 saturated carbocycles. The van der Waals surface area contributed by atoms with Crippen LogP contribution in [0.3, 0.4) is 0 Å². The maximum Gasteiger partial charge on any atom is 0.132 e. The Morgan fingerprint density at radius 1 is 1.00 bits per heavy atom. The molecule has 0 aromatic heterocycles. The summed E-state index contributed by atoms with van der Waals surface area (Å²) in [6.45, 7) is 3.19. The van der Waals surface area contributed by atoms with Gasteiger partial charge in [-0.1, -0.05) is 35.9 Å². The SMILES string of the molecule is COc1ccccc1-c1c(Cl)ccc(CN2CCCC2)c1OC. The molecule has 122 valence electrons. The smallest absolute Gasteiger partial charge is 0.132 e. The molecule has 0 spiro atoms. The molecule has 0 radical (unpaired) electrons.